The molecular formula is C17H12Br2N2O4. The van der Waals surface area contributed by atoms with E-state index in [1.165, 1.54) is 24.3 Å². The Balaban J connectivity index is 1.96. The molecule has 0 saturated carbocycles. The molecule has 6 nitrogen and oxygen atoms in total. The molecule has 2 N–H and O–H groups in total. The molecule has 1 saturated heterocycles. The summed E-state index contributed by atoms with van der Waals surface area (Å²) in [7, 11) is 1.42. The van der Waals surface area contributed by atoms with Gasteiger partial charge in [-0.3, -0.25) is 15.0 Å². The van der Waals surface area contributed by atoms with Crippen molar-refractivity contribution in [3.05, 3.63) is 56.5 Å². The maximum atomic E-state index is 12.6. The van der Waals surface area contributed by atoms with Crippen LogP contribution in [0.3, 0.4) is 0 Å². The van der Waals surface area contributed by atoms with Crippen molar-refractivity contribution in [2.75, 3.05) is 12.1 Å². The number of phenolic OH excluding ortho intramolecular Hbond substituents is 1. The summed E-state index contributed by atoms with van der Waals surface area (Å²) in [5, 5.41) is 11.0. The van der Waals surface area contributed by atoms with Crippen molar-refractivity contribution >= 4 is 55.4 Å². The van der Waals surface area contributed by atoms with E-state index >= 15 is 0 Å². The highest BCUT2D eigenvalue weighted by Gasteiger charge is 2.34. The first kappa shape index (κ1) is 17.5. The number of nitrogens with zero attached hydrogens (tertiary/aromatic N) is 1. The van der Waals surface area contributed by atoms with Gasteiger partial charge < -0.3 is 9.84 Å². The van der Waals surface area contributed by atoms with Gasteiger partial charge in [0.05, 0.1) is 17.3 Å². The number of rotatable bonds is 3. The summed E-state index contributed by atoms with van der Waals surface area (Å²) in [6, 6.07) is 10.1. The first-order chi connectivity index (χ1) is 11.9. The maximum Gasteiger partial charge on any atom is 0.282 e. The molecule has 1 aliphatic rings. The van der Waals surface area contributed by atoms with Crippen LogP contribution in [0.5, 0.6) is 11.5 Å². The van der Waals surface area contributed by atoms with Crippen molar-refractivity contribution in [2.24, 2.45) is 0 Å². The van der Waals surface area contributed by atoms with Crippen molar-refractivity contribution in [2.45, 2.75) is 0 Å². The molecule has 128 valence electrons. The van der Waals surface area contributed by atoms with Gasteiger partial charge in [0.25, 0.3) is 11.8 Å². The fraction of sp³-hybridized carbons (Fsp3) is 0.0588. The molecule has 0 spiro atoms. The monoisotopic (exact) mass is 466 g/mol. The first-order valence-electron chi connectivity index (χ1n) is 7.10. The molecule has 0 bridgehead atoms. The number of hydrazine groups is 1. The number of ether oxygens (including phenoxy) is 1. The summed E-state index contributed by atoms with van der Waals surface area (Å²) in [4.78, 5) is 24.8. The number of aromatic hydroxyl groups is 1. The summed E-state index contributed by atoms with van der Waals surface area (Å²) in [5.74, 6) is -0.785. The van der Waals surface area contributed by atoms with E-state index in [4.69, 9.17) is 4.74 Å². The number of hydrogen-bond acceptors (Lipinski definition) is 4. The van der Waals surface area contributed by atoms with Gasteiger partial charge in [-0.1, -0.05) is 15.9 Å². The van der Waals surface area contributed by atoms with Gasteiger partial charge >= 0.3 is 0 Å². The van der Waals surface area contributed by atoms with Gasteiger partial charge in [-0.15, -0.1) is 0 Å². The lowest BCUT2D eigenvalue weighted by Gasteiger charge is -2.14. The average molecular weight is 468 g/mol. The van der Waals surface area contributed by atoms with Crippen LogP contribution in [0, 0.1) is 0 Å². The second kappa shape index (κ2) is 6.89. The Labute approximate surface area is 160 Å². The summed E-state index contributed by atoms with van der Waals surface area (Å²) in [5.41, 5.74) is 3.61. The molecule has 8 heteroatoms. The van der Waals surface area contributed by atoms with Gasteiger partial charge in [-0.05, 0) is 64.0 Å². The first-order valence-corrected chi connectivity index (χ1v) is 8.68. The zero-order valence-electron chi connectivity index (χ0n) is 12.9. The molecule has 2 aromatic carbocycles. The van der Waals surface area contributed by atoms with Crippen LogP contribution >= 0.6 is 31.9 Å². The van der Waals surface area contributed by atoms with Gasteiger partial charge in [0.1, 0.15) is 5.57 Å². The number of carbonyl (C=O) groups excluding carboxylic acids is 2. The summed E-state index contributed by atoms with van der Waals surface area (Å²) in [6.07, 6.45) is 1.45. The lowest BCUT2D eigenvalue weighted by atomic mass is 10.1. The molecule has 0 unspecified atom stereocenters. The molecule has 3 rings (SSSR count). The number of phenols is 1. The molecule has 0 atom stereocenters. The van der Waals surface area contributed by atoms with Gasteiger partial charge in [0.15, 0.2) is 11.5 Å². The Bertz CT molecular complexity index is 894. The molecular weight excluding hydrogens is 456 g/mol. The SMILES string of the molecule is COc1cc(/C=C2\C(=O)NN(c3ccc(Br)cc3)C2=O)cc(Br)c1O. The van der Waals surface area contributed by atoms with Crippen LogP contribution in [0.2, 0.25) is 0 Å². The Hall–Kier alpha value is -2.32. The maximum absolute atomic E-state index is 12.6. The van der Waals surface area contributed by atoms with Crippen molar-refractivity contribution in [1.82, 2.24) is 5.43 Å². The van der Waals surface area contributed by atoms with E-state index in [-0.39, 0.29) is 17.1 Å². The second-order valence-electron chi connectivity index (χ2n) is 5.17. The number of anilines is 1. The van der Waals surface area contributed by atoms with E-state index < -0.39 is 11.8 Å². The molecule has 0 radical (unpaired) electrons. The molecule has 2 amide bonds. The molecule has 0 aliphatic carbocycles. The minimum absolute atomic E-state index is 0.0115. The highest BCUT2D eigenvalue weighted by molar-refractivity contribution is 9.10. The van der Waals surface area contributed by atoms with E-state index in [9.17, 15) is 14.7 Å². The number of carbonyl (C=O) groups is 2. The summed E-state index contributed by atoms with van der Waals surface area (Å²) >= 11 is 6.54. The van der Waals surface area contributed by atoms with Crippen LogP contribution in [0.15, 0.2) is 50.9 Å². The van der Waals surface area contributed by atoms with E-state index in [0.717, 1.165) is 4.47 Å². The third kappa shape index (κ3) is 3.40. The van der Waals surface area contributed by atoms with E-state index in [1.54, 1.807) is 30.3 Å². The Morgan fingerprint density at radius 2 is 1.84 bits per heavy atom. The van der Waals surface area contributed by atoms with Crippen molar-refractivity contribution in [3.63, 3.8) is 0 Å². The third-order valence-electron chi connectivity index (χ3n) is 3.56. The molecule has 2 aromatic rings. The summed E-state index contributed by atoms with van der Waals surface area (Å²) < 4.78 is 6.34. The van der Waals surface area contributed by atoms with E-state index in [2.05, 4.69) is 37.3 Å². The van der Waals surface area contributed by atoms with Crippen LogP contribution in [0.1, 0.15) is 5.56 Å². The minimum atomic E-state index is -0.504. The van der Waals surface area contributed by atoms with Gasteiger partial charge in [-0.2, -0.15) is 0 Å². The average Bonchev–Trinajstić information content (AvgIpc) is 2.86. The number of nitrogens with one attached hydrogen (secondary N) is 1. The number of hydrogen-bond donors (Lipinski definition) is 2. The van der Waals surface area contributed by atoms with Crippen LogP contribution in [-0.2, 0) is 9.59 Å². The zero-order chi connectivity index (χ0) is 18.1. The number of benzene rings is 2. The standard InChI is InChI=1S/C17H12Br2N2O4/c1-25-14-8-9(7-13(19)15(14)22)6-12-16(23)20-21(17(12)24)11-4-2-10(18)3-5-11/h2-8,22H,1H3,(H,20,23)/b12-6+. The fourth-order valence-electron chi connectivity index (χ4n) is 2.33. The highest BCUT2D eigenvalue weighted by atomic mass is 79.9. The molecule has 1 heterocycles. The number of halogens is 2. The van der Waals surface area contributed by atoms with E-state index in [0.29, 0.717) is 15.7 Å². The topological polar surface area (TPSA) is 78.9 Å². The van der Waals surface area contributed by atoms with Crippen LogP contribution in [-0.4, -0.2) is 24.0 Å². The molecule has 25 heavy (non-hydrogen) atoms. The predicted molar refractivity (Wildman–Crippen MR) is 100 cm³/mol. The van der Waals surface area contributed by atoms with Crippen LogP contribution in [0.25, 0.3) is 6.08 Å². The van der Waals surface area contributed by atoms with Crippen molar-refractivity contribution in [3.8, 4) is 11.5 Å². The lowest BCUT2D eigenvalue weighted by Crippen LogP contribution is -2.35. The number of methoxy groups -OCH3 is 1. The normalized spacial score (nSPS) is 15.6. The van der Waals surface area contributed by atoms with Gasteiger partial charge in [0, 0.05) is 4.47 Å². The van der Waals surface area contributed by atoms with Crippen molar-refractivity contribution in [1.29, 1.82) is 0 Å². The number of amides is 2. The summed E-state index contributed by atoms with van der Waals surface area (Å²) in [6.45, 7) is 0. The Kier molecular flexibility index (Phi) is 4.82. The Morgan fingerprint density at radius 1 is 1.16 bits per heavy atom. The Morgan fingerprint density at radius 3 is 2.48 bits per heavy atom. The lowest BCUT2D eigenvalue weighted by molar-refractivity contribution is -0.117. The second-order valence-corrected chi connectivity index (χ2v) is 6.94. The van der Waals surface area contributed by atoms with E-state index in [1.807, 2.05) is 0 Å². The molecule has 1 aliphatic heterocycles. The van der Waals surface area contributed by atoms with Crippen LogP contribution < -0.4 is 15.2 Å². The highest BCUT2D eigenvalue weighted by Crippen LogP contribution is 2.36. The molecule has 0 aromatic heterocycles. The van der Waals surface area contributed by atoms with Gasteiger partial charge in [0.2, 0.25) is 0 Å². The fourth-order valence-corrected chi connectivity index (χ4v) is 3.05. The minimum Gasteiger partial charge on any atom is -0.503 e. The van der Waals surface area contributed by atoms with Crippen molar-refractivity contribution < 1.29 is 19.4 Å². The quantitative estimate of drug-likeness (QED) is 0.535. The van der Waals surface area contributed by atoms with Crippen LogP contribution in [0.4, 0.5) is 5.69 Å². The third-order valence-corrected chi connectivity index (χ3v) is 4.69. The molecule has 1 fully saturated rings. The van der Waals surface area contributed by atoms with Gasteiger partial charge in [-0.25, -0.2) is 5.01 Å². The smallest absolute Gasteiger partial charge is 0.282 e. The largest absolute Gasteiger partial charge is 0.503 e. The zero-order valence-corrected chi connectivity index (χ0v) is 16.1. The predicted octanol–water partition coefficient (Wildman–Crippen LogP) is 3.39.